The molecule has 10 rings (SSSR count). The number of benzene rings is 6. The van der Waals surface area contributed by atoms with Crippen molar-refractivity contribution in [3.63, 3.8) is 0 Å². The molecule has 0 unspecified atom stereocenters. The quantitative estimate of drug-likeness (QED) is 0.150. The van der Waals surface area contributed by atoms with Crippen LogP contribution in [0, 0.1) is 13.7 Å². The Morgan fingerprint density at radius 2 is 1.25 bits per heavy atom. The second kappa shape index (κ2) is 15.2. The number of nitrogens with zero attached hydrogens (tertiary/aromatic N) is 5. The molecule has 0 saturated carbocycles. The number of hydrogen-bond acceptors (Lipinski definition) is 3. The van der Waals surface area contributed by atoms with Gasteiger partial charge in [0.15, 0.2) is 0 Å². The van der Waals surface area contributed by atoms with Crippen LogP contribution in [-0.4, -0.2) is 20.5 Å². The summed E-state index contributed by atoms with van der Waals surface area (Å²) < 4.78 is 133. The van der Waals surface area contributed by atoms with Gasteiger partial charge < -0.3 is 4.74 Å². The van der Waals surface area contributed by atoms with Crippen LogP contribution in [0.25, 0.3) is 49.9 Å². The van der Waals surface area contributed by atoms with E-state index in [0.29, 0.717) is 28.6 Å². The summed E-state index contributed by atoms with van der Waals surface area (Å²) in [5.74, 6) is 1.73. The van der Waals surface area contributed by atoms with Crippen LogP contribution >= 0.6 is 0 Å². The van der Waals surface area contributed by atoms with Crippen LogP contribution in [0.15, 0.2) is 164 Å². The number of aromatic nitrogens is 3. The van der Waals surface area contributed by atoms with Crippen molar-refractivity contribution in [3.05, 3.63) is 186 Å². The average Bonchev–Trinajstić information content (AvgIpc) is 3.90. The molecule has 6 nitrogen and oxygen atoms in total. The summed E-state index contributed by atoms with van der Waals surface area (Å²) in [6, 6.07) is 27.0. The molecule has 3 aromatic heterocycles. The molecule has 0 bridgehead atoms. The molecule has 0 radical (unpaired) electrons. The third-order valence-electron chi connectivity index (χ3n) is 11.2. The number of ether oxygens (including phenoxy) is 1. The summed E-state index contributed by atoms with van der Waals surface area (Å²) >= 11 is 0. The first kappa shape index (κ1) is 26.8. The SMILES string of the molecule is [2H]c1c([2H])c(C([2H])([2H])[2H])c([2H])c([2H])c1-c1cccc(-c2c([2H])c([2H])c(C([2H])([2H])[2H])c([2H])c2[2H])c1[N+]1=C=[N+](c2cc(Oc3ccc4c5ccncc5n(-c5cc(C(C)(C)C)ccn5)c4c3)cc(C(C)(C)C)c2)c2ccccc21. The normalized spacial score (nSPS) is 16.3. The Hall–Kier alpha value is -7.40. The molecule has 63 heavy (non-hydrogen) atoms. The molecule has 9 aromatic rings. The van der Waals surface area contributed by atoms with Crippen LogP contribution in [0.4, 0.5) is 22.7 Å². The number of hydrogen-bond donors (Lipinski definition) is 0. The summed E-state index contributed by atoms with van der Waals surface area (Å²) in [7, 11) is 0. The van der Waals surface area contributed by atoms with Gasteiger partial charge in [0.1, 0.15) is 17.3 Å². The maximum atomic E-state index is 9.25. The highest BCUT2D eigenvalue weighted by atomic mass is 16.5. The lowest BCUT2D eigenvalue weighted by atomic mass is 9.86. The van der Waals surface area contributed by atoms with Crippen molar-refractivity contribution in [2.75, 3.05) is 0 Å². The van der Waals surface area contributed by atoms with E-state index in [2.05, 4.69) is 63.2 Å². The molecule has 1 aliphatic rings. The number of rotatable bonds is 7. The van der Waals surface area contributed by atoms with Crippen molar-refractivity contribution in [2.24, 2.45) is 0 Å². The first-order valence-corrected chi connectivity index (χ1v) is 20.6. The van der Waals surface area contributed by atoms with Gasteiger partial charge in [-0.05, 0) is 104 Å². The van der Waals surface area contributed by atoms with Gasteiger partial charge in [-0.3, -0.25) is 9.55 Å². The van der Waals surface area contributed by atoms with E-state index >= 15 is 0 Å². The first-order chi connectivity index (χ1) is 36.1. The van der Waals surface area contributed by atoms with Crippen molar-refractivity contribution in [3.8, 4) is 39.6 Å². The lowest BCUT2D eigenvalue weighted by molar-refractivity contribution is 0.479. The highest BCUT2D eigenvalue weighted by Gasteiger charge is 2.39. The molecule has 0 atom stereocenters. The lowest BCUT2D eigenvalue weighted by Gasteiger charge is -2.20. The molecule has 6 heteroatoms. The van der Waals surface area contributed by atoms with Gasteiger partial charge >= 0.3 is 6.01 Å². The summed E-state index contributed by atoms with van der Waals surface area (Å²) in [5, 5.41) is 1.97. The minimum absolute atomic E-state index is 0.00566. The zero-order valence-electron chi connectivity index (χ0n) is 49.6. The highest BCUT2D eigenvalue weighted by molar-refractivity contribution is 6.09. The van der Waals surface area contributed by atoms with Crippen molar-refractivity contribution in [2.45, 2.75) is 66.1 Å². The largest absolute Gasteiger partial charge is 0.503 e. The second-order valence-corrected chi connectivity index (χ2v) is 17.6. The Kier molecular flexibility index (Phi) is 6.47. The predicted molar refractivity (Wildman–Crippen MR) is 261 cm³/mol. The fraction of sp³-hybridized carbons (Fsp3) is 0.175. The summed E-state index contributed by atoms with van der Waals surface area (Å²) in [5.41, 5.74) is 2.57. The number of fused-ring (bicyclic) bond motifs is 4. The Bertz CT molecular complexity index is 3890. The zero-order chi connectivity index (χ0) is 55.6. The third kappa shape index (κ3) is 7.33. The fourth-order valence-corrected chi connectivity index (χ4v) is 8.00. The average molecular weight is 836 g/mol. The van der Waals surface area contributed by atoms with Crippen molar-refractivity contribution in [1.29, 1.82) is 0 Å². The maximum absolute atomic E-state index is 9.25. The van der Waals surface area contributed by atoms with Gasteiger partial charge in [-0.2, -0.15) is 0 Å². The molecule has 4 heterocycles. The van der Waals surface area contributed by atoms with Gasteiger partial charge in [0.2, 0.25) is 11.4 Å². The fourth-order valence-electron chi connectivity index (χ4n) is 8.00. The van der Waals surface area contributed by atoms with E-state index in [9.17, 15) is 5.48 Å². The van der Waals surface area contributed by atoms with Crippen LogP contribution in [-0.2, 0) is 10.8 Å². The standard InChI is InChI=1S/C57H51N5O/c1-37-16-20-39(21-17-37)46-12-11-13-47(40-22-18-38(2)19-23-40)55(46)61-36-60(50-14-9-10-15-51(50)61)43-30-42(57(6,7)8)31-45(33-43)63-44-24-25-48-49-27-28-58-35-53(49)62(52(48)34-44)54-32-41(26-29-59-54)56(3,4)5/h9-35H,1-8H3/q+2/i1D3,2D3,16D,17D,18D,19D,20D,21D,22D,23D. The summed E-state index contributed by atoms with van der Waals surface area (Å²) in [6.45, 7) is 6.65. The van der Waals surface area contributed by atoms with E-state index < -0.39 is 78.6 Å². The van der Waals surface area contributed by atoms with Crippen LogP contribution in [0.1, 0.15) is 83.0 Å². The Balaban J connectivity index is 1.23. The molecule has 1 aliphatic heterocycles. The second-order valence-electron chi connectivity index (χ2n) is 17.6. The predicted octanol–water partition coefficient (Wildman–Crippen LogP) is 14.8. The van der Waals surface area contributed by atoms with Crippen molar-refractivity contribution in [1.82, 2.24) is 23.7 Å². The minimum atomic E-state index is -3.01. The topological polar surface area (TPSA) is 46.0 Å². The molecule has 308 valence electrons. The molecule has 6 aromatic carbocycles. The van der Waals surface area contributed by atoms with Crippen LogP contribution in [0.2, 0.25) is 0 Å². The van der Waals surface area contributed by atoms with E-state index in [1.165, 1.54) is 18.2 Å². The van der Waals surface area contributed by atoms with Gasteiger partial charge in [-0.15, -0.1) is 0 Å². The van der Waals surface area contributed by atoms with E-state index in [1.807, 2.05) is 73.1 Å². The van der Waals surface area contributed by atoms with Crippen LogP contribution in [0.5, 0.6) is 11.5 Å². The van der Waals surface area contributed by atoms with E-state index in [-0.39, 0.29) is 33.4 Å². The summed E-state index contributed by atoms with van der Waals surface area (Å²) in [4.78, 5) is 9.29. The Labute approximate surface area is 389 Å². The molecule has 0 amide bonds. The van der Waals surface area contributed by atoms with Gasteiger partial charge in [-0.1, -0.05) is 119 Å². The Morgan fingerprint density at radius 3 is 1.90 bits per heavy atom. The van der Waals surface area contributed by atoms with E-state index in [0.717, 1.165) is 38.8 Å². The minimum Gasteiger partial charge on any atom is -0.457 e. The molecular weight excluding hydrogens is 771 g/mol. The molecule has 0 fully saturated rings. The first-order valence-electron chi connectivity index (χ1n) is 27.6. The molecule has 0 saturated heterocycles. The van der Waals surface area contributed by atoms with Crippen LogP contribution in [0.3, 0.4) is 0 Å². The zero-order valence-corrected chi connectivity index (χ0v) is 35.6. The molecular formula is C57H51N5O+2. The van der Waals surface area contributed by atoms with Gasteiger partial charge in [0, 0.05) is 55.7 Å². The maximum Gasteiger partial charge on any atom is 0.503 e. The van der Waals surface area contributed by atoms with Gasteiger partial charge in [-0.25, -0.2) is 4.98 Å². The van der Waals surface area contributed by atoms with E-state index in [1.54, 1.807) is 27.5 Å². The smallest absolute Gasteiger partial charge is 0.457 e. The van der Waals surface area contributed by atoms with Crippen LogP contribution < -0.4 is 13.9 Å². The number of pyridine rings is 2. The Morgan fingerprint density at radius 1 is 0.603 bits per heavy atom. The molecule has 0 aliphatic carbocycles. The van der Waals surface area contributed by atoms with E-state index in [4.69, 9.17) is 23.4 Å². The third-order valence-corrected chi connectivity index (χ3v) is 11.2. The number of para-hydroxylation sites is 3. The molecule has 0 spiro atoms. The monoisotopic (exact) mass is 835 g/mol. The van der Waals surface area contributed by atoms with Gasteiger partial charge in [0.05, 0.1) is 45.4 Å². The van der Waals surface area contributed by atoms with Gasteiger partial charge in [0.25, 0.3) is 11.4 Å². The van der Waals surface area contributed by atoms with Crippen molar-refractivity contribution >= 4 is 50.6 Å². The lowest BCUT2D eigenvalue weighted by Crippen LogP contribution is -2.12. The summed E-state index contributed by atoms with van der Waals surface area (Å²) in [6.07, 6.45) is 5.40. The highest BCUT2D eigenvalue weighted by Crippen LogP contribution is 2.45. The van der Waals surface area contributed by atoms with Crippen molar-refractivity contribution < 1.29 is 23.9 Å². The molecule has 0 N–H and O–H groups in total.